The van der Waals surface area contributed by atoms with Crippen LogP contribution in [0.3, 0.4) is 0 Å². The van der Waals surface area contributed by atoms with Gasteiger partial charge in [0.2, 0.25) is 11.8 Å². The number of hydrogen-bond donors (Lipinski definition) is 2. The van der Waals surface area contributed by atoms with E-state index in [4.69, 9.17) is 4.42 Å². The van der Waals surface area contributed by atoms with E-state index >= 15 is 0 Å². The quantitative estimate of drug-likeness (QED) is 0.392. The number of nitrogens with zero attached hydrogens (tertiary/aromatic N) is 3. The van der Waals surface area contributed by atoms with E-state index in [0.717, 1.165) is 42.5 Å². The number of halogens is 1. The molecule has 0 aromatic carbocycles. The number of thiophene rings is 1. The maximum Gasteiger partial charge on any atom is 0.236 e. The summed E-state index contributed by atoms with van der Waals surface area (Å²) in [4.78, 5) is 23.0. The van der Waals surface area contributed by atoms with Gasteiger partial charge in [-0.05, 0) is 24.3 Å². The lowest BCUT2D eigenvalue weighted by molar-refractivity contribution is -0.129. The van der Waals surface area contributed by atoms with E-state index in [1.165, 1.54) is 0 Å². The minimum Gasteiger partial charge on any atom is -0.443 e. The molecule has 1 amide bonds. The Labute approximate surface area is 174 Å². The van der Waals surface area contributed by atoms with E-state index in [0.29, 0.717) is 18.5 Å². The Bertz CT molecular complexity index is 723. The Morgan fingerprint density at radius 3 is 2.85 bits per heavy atom. The molecule has 26 heavy (non-hydrogen) atoms. The molecule has 0 spiro atoms. The predicted molar refractivity (Wildman–Crippen MR) is 114 cm³/mol. The molecular weight excluding hydrogens is 465 g/mol. The number of amides is 1. The molecule has 9 heteroatoms. The summed E-state index contributed by atoms with van der Waals surface area (Å²) in [5, 5.41) is 8.68. The minimum absolute atomic E-state index is 0. The van der Waals surface area contributed by atoms with Crippen LogP contribution in [-0.4, -0.2) is 47.9 Å². The second-order valence-electron chi connectivity index (χ2n) is 5.97. The van der Waals surface area contributed by atoms with Crippen LogP contribution < -0.4 is 10.6 Å². The molecule has 1 aliphatic heterocycles. The molecule has 2 N–H and O–H groups in total. The summed E-state index contributed by atoms with van der Waals surface area (Å²) in [6.07, 6.45) is 3.51. The second kappa shape index (κ2) is 9.91. The highest BCUT2D eigenvalue weighted by molar-refractivity contribution is 14.0. The molecular formula is C17H24IN5O2S. The number of carbonyl (C=O) groups is 1. The average Bonchev–Trinajstić information content (AvgIpc) is 3.30. The van der Waals surface area contributed by atoms with Gasteiger partial charge in [0.05, 0.1) is 17.1 Å². The van der Waals surface area contributed by atoms with Crippen molar-refractivity contribution >= 4 is 47.2 Å². The summed E-state index contributed by atoms with van der Waals surface area (Å²) < 4.78 is 5.52. The molecule has 0 aliphatic carbocycles. The molecule has 0 unspecified atom stereocenters. The number of piperidine rings is 1. The van der Waals surface area contributed by atoms with Gasteiger partial charge in [-0.15, -0.1) is 35.3 Å². The number of guanidine groups is 1. The molecule has 0 atom stereocenters. The van der Waals surface area contributed by atoms with Crippen LogP contribution in [0.25, 0.3) is 10.8 Å². The van der Waals surface area contributed by atoms with Crippen LogP contribution in [0.4, 0.5) is 0 Å². The molecule has 0 radical (unpaired) electrons. The van der Waals surface area contributed by atoms with Crippen LogP contribution in [-0.2, 0) is 11.3 Å². The van der Waals surface area contributed by atoms with Crippen LogP contribution in [0.15, 0.2) is 33.2 Å². The highest BCUT2D eigenvalue weighted by atomic mass is 127. The third-order valence-corrected chi connectivity index (χ3v) is 5.08. The number of aliphatic imine (C=N–C) groups is 1. The Morgan fingerprint density at radius 1 is 1.46 bits per heavy atom. The molecule has 142 valence electrons. The molecule has 1 aliphatic rings. The monoisotopic (exact) mass is 489 g/mol. The van der Waals surface area contributed by atoms with Crippen LogP contribution in [0.1, 0.15) is 25.5 Å². The van der Waals surface area contributed by atoms with Gasteiger partial charge in [0.25, 0.3) is 0 Å². The van der Waals surface area contributed by atoms with Crippen molar-refractivity contribution in [2.45, 2.75) is 32.4 Å². The summed E-state index contributed by atoms with van der Waals surface area (Å²) in [5.41, 5.74) is 0.831. The van der Waals surface area contributed by atoms with Crippen LogP contribution >= 0.6 is 35.3 Å². The van der Waals surface area contributed by atoms with Crippen LogP contribution in [0.5, 0.6) is 0 Å². The number of carbonyl (C=O) groups excluding carboxylic acids is 1. The van der Waals surface area contributed by atoms with E-state index in [1.807, 2.05) is 22.4 Å². The summed E-state index contributed by atoms with van der Waals surface area (Å²) in [6, 6.07) is 4.29. The van der Waals surface area contributed by atoms with Crippen molar-refractivity contribution < 1.29 is 9.21 Å². The van der Waals surface area contributed by atoms with Gasteiger partial charge in [0.1, 0.15) is 6.26 Å². The number of hydrogen-bond acceptors (Lipinski definition) is 5. The first-order valence-electron chi connectivity index (χ1n) is 8.36. The molecule has 1 fully saturated rings. The zero-order valence-electron chi connectivity index (χ0n) is 14.9. The van der Waals surface area contributed by atoms with Crippen molar-refractivity contribution in [1.82, 2.24) is 20.5 Å². The SMILES string of the molecule is CN=C(NCc1coc(-c2cccs2)n1)NC1CCN(C(C)=O)CC1.I. The zero-order valence-corrected chi connectivity index (χ0v) is 18.0. The van der Waals surface area contributed by atoms with Crippen molar-refractivity contribution in [2.75, 3.05) is 20.1 Å². The Hall–Kier alpha value is -1.62. The summed E-state index contributed by atoms with van der Waals surface area (Å²) in [5.74, 6) is 1.53. The maximum atomic E-state index is 11.4. The van der Waals surface area contributed by atoms with E-state index in [9.17, 15) is 4.79 Å². The fraction of sp³-hybridized carbons (Fsp3) is 0.471. The van der Waals surface area contributed by atoms with Gasteiger partial charge in [-0.2, -0.15) is 0 Å². The average molecular weight is 489 g/mol. The largest absolute Gasteiger partial charge is 0.443 e. The van der Waals surface area contributed by atoms with Crippen molar-refractivity contribution in [2.24, 2.45) is 4.99 Å². The van der Waals surface area contributed by atoms with E-state index in [1.54, 1.807) is 31.6 Å². The molecule has 2 aromatic heterocycles. The van der Waals surface area contributed by atoms with E-state index in [2.05, 4.69) is 20.6 Å². The summed E-state index contributed by atoms with van der Waals surface area (Å²) >= 11 is 1.60. The molecule has 1 saturated heterocycles. The van der Waals surface area contributed by atoms with Gasteiger partial charge in [0, 0.05) is 33.1 Å². The molecule has 0 saturated carbocycles. The zero-order chi connectivity index (χ0) is 17.6. The standard InChI is InChI=1S/C17H23N5O2S.HI/c1-12(23)22-7-5-13(6-8-22)21-17(18-2)19-10-14-11-24-16(20-14)15-4-3-9-25-15;/h3-4,9,11,13H,5-8,10H2,1-2H3,(H2,18,19,21);1H. The van der Waals surface area contributed by atoms with Crippen LogP contribution in [0.2, 0.25) is 0 Å². The normalized spacial score (nSPS) is 15.5. The first-order chi connectivity index (χ1) is 12.2. The van der Waals surface area contributed by atoms with Gasteiger partial charge in [-0.3, -0.25) is 9.79 Å². The van der Waals surface area contributed by atoms with Gasteiger partial charge in [0.15, 0.2) is 5.96 Å². The highest BCUT2D eigenvalue weighted by Crippen LogP contribution is 2.23. The maximum absolute atomic E-state index is 11.4. The fourth-order valence-electron chi connectivity index (χ4n) is 2.80. The first-order valence-corrected chi connectivity index (χ1v) is 9.24. The van der Waals surface area contributed by atoms with E-state index in [-0.39, 0.29) is 29.9 Å². The Balaban J connectivity index is 0.00000243. The van der Waals surface area contributed by atoms with Gasteiger partial charge >= 0.3 is 0 Å². The summed E-state index contributed by atoms with van der Waals surface area (Å²) in [7, 11) is 1.75. The van der Waals surface area contributed by atoms with E-state index < -0.39 is 0 Å². The predicted octanol–water partition coefficient (Wildman–Crippen LogP) is 2.70. The smallest absolute Gasteiger partial charge is 0.236 e. The topological polar surface area (TPSA) is 82.8 Å². The molecule has 3 heterocycles. The van der Waals surface area contributed by atoms with Crippen LogP contribution in [0, 0.1) is 0 Å². The number of likely N-dealkylation sites (tertiary alicyclic amines) is 1. The number of nitrogens with one attached hydrogen (secondary N) is 2. The van der Waals surface area contributed by atoms with Crippen molar-refractivity contribution in [3.05, 3.63) is 29.5 Å². The lowest BCUT2D eigenvalue weighted by Crippen LogP contribution is -2.49. The van der Waals surface area contributed by atoms with Gasteiger partial charge < -0.3 is 20.0 Å². The lowest BCUT2D eigenvalue weighted by atomic mass is 10.1. The number of rotatable bonds is 4. The first kappa shape index (κ1) is 20.7. The van der Waals surface area contributed by atoms with Crippen molar-refractivity contribution in [3.63, 3.8) is 0 Å². The molecule has 2 aromatic rings. The Morgan fingerprint density at radius 2 is 2.23 bits per heavy atom. The number of aromatic nitrogens is 1. The lowest BCUT2D eigenvalue weighted by Gasteiger charge is -2.32. The highest BCUT2D eigenvalue weighted by Gasteiger charge is 2.21. The Kier molecular flexibility index (Phi) is 7.88. The minimum atomic E-state index is 0. The molecule has 7 nitrogen and oxygen atoms in total. The molecule has 0 bridgehead atoms. The fourth-order valence-corrected chi connectivity index (χ4v) is 3.46. The number of oxazole rings is 1. The third kappa shape index (κ3) is 5.44. The second-order valence-corrected chi connectivity index (χ2v) is 6.92. The molecule has 3 rings (SSSR count). The van der Waals surface area contributed by atoms with Crippen molar-refractivity contribution in [1.29, 1.82) is 0 Å². The van der Waals surface area contributed by atoms with Crippen molar-refractivity contribution in [3.8, 4) is 10.8 Å². The van der Waals surface area contributed by atoms with Gasteiger partial charge in [-0.1, -0.05) is 6.07 Å². The summed E-state index contributed by atoms with van der Waals surface area (Å²) in [6.45, 7) is 3.74. The van der Waals surface area contributed by atoms with Gasteiger partial charge in [-0.25, -0.2) is 4.98 Å². The third-order valence-electron chi connectivity index (χ3n) is 4.23.